The Morgan fingerprint density at radius 1 is 1.00 bits per heavy atom. The van der Waals surface area contributed by atoms with Crippen LogP contribution in [-0.4, -0.2) is 26.6 Å². The molecule has 4 aliphatic rings. The van der Waals surface area contributed by atoms with Gasteiger partial charge in [0.2, 0.25) is 10.0 Å². The predicted octanol–water partition coefficient (Wildman–Crippen LogP) is 3.14. The molecule has 0 spiro atoms. The minimum atomic E-state index is -3.11. The molecule has 0 radical (unpaired) electrons. The van der Waals surface area contributed by atoms with Crippen molar-refractivity contribution in [1.82, 2.24) is 4.72 Å². The quantitative estimate of drug-likeness (QED) is 0.579. The van der Waals surface area contributed by atoms with Crippen LogP contribution in [0.15, 0.2) is 0 Å². The summed E-state index contributed by atoms with van der Waals surface area (Å²) < 4.78 is 27.0. The van der Waals surface area contributed by atoms with Gasteiger partial charge in [0, 0.05) is 12.4 Å². The summed E-state index contributed by atoms with van der Waals surface area (Å²) in [7, 11) is -3.11. The standard InChI is InChI=1S/C15H26ClNO2S/c16-3-1-2-4-20(18,19)17-11-15-8-12-5-13(9-15)7-14(6-12)10-15/h12-14,17H,1-11H2. The zero-order chi connectivity index (χ0) is 14.2. The Balaban J connectivity index is 1.55. The third kappa shape index (κ3) is 3.33. The molecule has 1 N–H and O–H groups in total. The molecule has 0 unspecified atom stereocenters. The monoisotopic (exact) mass is 319 g/mol. The van der Waals surface area contributed by atoms with Gasteiger partial charge in [-0.05, 0) is 74.5 Å². The first-order valence-corrected chi connectivity index (χ1v) is 10.2. The van der Waals surface area contributed by atoms with Gasteiger partial charge >= 0.3 is 0 Å². The van der Waals surface area contributed by atoms with E-state index in [9.17, 15) is 8.42 Å². The van der Waals surface area contributed by atoms with Crippen molar-refractivity contribution >= 4 is 21.6 Å². The van der Waals surface area contributed by atoms with E-state index in [1.54, 1.807) is 0 Å². The summed E-state index contributed by atoms with van der Waals surface area (Å²) in [4.78, 5) is 0. The van der Waals surface area contributed by atoms with Crippen LogP contribution in [0.1, 0.15) is 51.4 Å². The summed E-state index contributed by atoms with van der Waals surface area (Å²) in [5.41, 5.74) is 0.286. The second kappa shape index (κ2) is 5.77. The van der Waals surface area contributed by atoms with Crippen molar-refractivity contribution in [3.05, 3.63) is 0 Å². The Bertz CT molecular complexity index is 414. The average molecular weight is 320 g/mol. The molecule has 0 aliphatic heterocycles. The van der Waals surface area contributed by atoms with Crippen LogP contribution in [0.25, 0.3) is 0 Å². The molecule has 0 amide bonds. The second-order valence-corrected chi connectivity index (χ2v) is 9.76. The van der Waals surface area contributed by atoms with E-state index < -0.39 is 10.0 Å². The number of hydrogen-bond donors (Lipinski definition) is 1. The maximum absolute atomic E-state index is 12.0. The fourth-order valence-corrected chi connectivity index (χ4v) is 6.67. The van der Waals surface area contributed by atoms with E-state index in [0.717, 1.165) is 24.2 Å². The summed E-state index contributed by atoms with van der Waals surface area (Å²) in [5, 5.41) is 0. The van der Waals surface area contributed by atoms with Gasteiger partial charge in [0.05, 0.1) is 5.75 Å². The highest BCUT2D eigenvalue weighted by Gasteiger charge is 2.50. The highest BCUT2D eigenvalue weighted by Crippen LogP contribution is 2.59. The van der Waals surface area contributed by atoms with E-state index in [0.29, 0.717) is 18.8 Å². The molecular formula is C15H26ClNO2S. The molecule has 4 rings (SSSR count). The van der Waals surface area contributed by atoms with Crippen LogP contribution in [0, 0.1) is 23.2 Å². The van der Waals surface area contributed by atoms with Crippen LogP contribution >= 0.6 is 11.6 Å². The van der Waals surface area contributed by atoms with Crippen LogP contribution in [0.5, 0.6) is 0 Å². The van der Waals surface area contributed by atoms with Gasteiger partial charge in [-0.3, -0.25) is 0 Å². The number of alkyl halides is 1. The number of halogens is 1. The molecule has 3 nitrogen and oxygen atoms in total. The highest BCUT2D eigenvalue weighted by molar-refractivity contribution is 7.89. The van der Waals surface area contributed by atoms with E-state index in [1.807, 2.05) is 0 Å². The van der Waals surface area contributed by atoms with E-state index >= 15 is 0 Å². The summed E-state index contributed by atoms with van der Waals surface area (Å²) >= 11 is 5.60. The number of unbranched alkanes of at least 4 members (excludes halogenated alkanes) is 1. The third-order valence-corrected chi connectivity index (χ3v) is 7.31. The lowest BCUT2D eigenvalue weighted by Crippen LogP contribution is -2.51. The molecule has 5 heteroatoms. The summed E-state index contributed by atoms with van der Waals surface area (Å²) in [6.45, 7) is 0.680. The van der Waals surface area contributed by atoms with Gasteiger partial charge in [-0.15, -0.1) is 11.6 Å². The van der Waals surface area contributed by atoms with Gasteiger partial charge in [0.25, 0.3) is 0 Å². The van der Waals surface area contributed by atoms with Crippen molar-refractivity contribution in [2.24, 2.45) is 23.2 Å². The normalized spacial score (nSPS) is 39.4. The van der Waals surface area contributed by atoms with Gasteiger partial charge in [-0.2, -0.15) is 0 Å². The Hall–Kier alpha value is 0.200. The average Bonchev–Trinajstić information content (AvgIpc) is 2.35. The van der Waals surface area contributed by atoms with E-state index in [2.05, 4.69) is 4.72 Å². The van der Waals surface area contributed by atoms with Gasteiger partial charge in [-0.25, -0.2) is 13.1 Å². The molecule has 0 aromatic carbocycles. The lowest BCUT2D eigenvalue weighted by molar-refractivity contribution is -0.0487. The van der Waals surface area contributed by atoms with Crippen LogP contribution in [-0.2, 0) is 10.0 Å². The molecule has 116 valence electrons. The van der Waals surface area contributed by atoms with Crippen LogP contribution in [0.2, 0.25) is 0 Å². The molecular weight excluding hydrogens is 294 g/mol. The molecule has 0 atom stereocenters. The number of hydrogen-bond acceptors (Lipinski definition) is 2. The van der Waals surface area contributed by atoms with Crippen molar-refractivity contribution in [2.75, 3.05) is 18.2 Å². The van der Waals surface area contributed by atoms with E-state index in [-0.39, 0.29) is 11.2 Å². The molecule has 20 heavy (non-hydrogen) atoms. The maximum Gasteiger partial charge on any atom is 0.211 e. The van der Waals surface area contributed by atoms with E-state index in [1.165, 1.54) is 38.5 Å². The third-order valence-electron chi connectivity index (χ3n) is 5.63. The minimum absolute atomic E-state index is 0.228. The molecule has 4 fully saturated rings. The molecule has 0 saturated heterocycles. The van der Waals surface area contributed by atoms with Gasteiger partial charge < -0.3 is 0 Å². The molecule has 4 bridgehead atoms. The fraction of sp³-hybridized carbons (Fsp3) is 1.00. The number of rotatable bonds is 7. The smallest absolute Gasteiger partial charge is 0.211 e. The van der Waals surface area contributed by atoms with Gasteiger partial charge in [0.15, 0.2) is 0 Å². The first kappa shape index (κ1) is 15.1. The number of nitrogens with one attached hydrogen (secondary N) is 1. The van der Waals surface area contributed by atoms with E-state index in [4.69, 9.17) is 11.6 Å². The van der Waals surface area contributed by atoms with Crippen molar-refractivity contribution < 1.29 is 8.42 Å². The van der Waals surface area contributed by atoms with Gasteiger partial charge in [0.1, 0.15) is 0 Å². The van der Waals surface area contributed by atoms with Crippen LogP contribution in [0.4, 0.5) is 0 Å². The summed E-state index contributed by atoms with van der Waals surface area (Å²) in [6, 6.07) is 0. The lowest BCUT2D eigenvalue weighted by Gasteiger charge is -2.56. The fourth-order valence-electron chi connectivity index (χ4n) is 5.23. The first-order valence-electron chi connectivity index (χ1n) is 8.04. The van der Waals surface area contributed by atoms with Crippen molar-refractivity contribution in [1.29, 1.82) is 0 Å². The molecule has 0 aromatic heterocycles. The van der Waals surface area contributed by atoms with Crippen molar-refractivity contribution in [3.8, 4) is 0 Å². The SMILES string of the molecule is O=S(=O)(CCCCCl)NCC12CC3CC(CC(C3)C1)C2. The lowest BCUT2D eigenvalue weighted by atomic mass is 9.50. The van der Waals surface area contributed by atoms with Crippen LogP contribution < -0.4 is 4.72 Å². The molecule has 0 aromatic rings. The summed E-state index contributed by atoms with van der Waals surface area (Å²) in [5.74, 6) is 3.40. The topological polar surface area (TPSA) is 46.2 Å². The molecule has 0 heterocycles. The zero-order valence-corrected chi connectivity index (χ0v) is 13.7. The zero-order valence-electron chi connectivity index (χ0n) is 12.1. The summed E-state index contributed by atoms with van der Waals surface area (Å²) in [6.07, 6.45) is 9.42. The molecule has 4 saturated carbocycles. The molecule has 4 aliphatic carbocycles. The van der Waals surface area contributed by atoms with Crippen molar-refractivity contribution in [2.45, 2.75) is 51.4 Å². The Morgan fingerprint density at radius 2 is 1.55 bits per heavy atom. The first-order chi connectivity index (χ1) is 9.50. The second-order valence-electron chi connectivity index (χ2n) is 7.45. The Kier molecular flexibility index (Phi) is 4.36. The maximum atomic E-state index is 12.0. The predicted molar refractivity (Wildman–Crippen MR) is 82.3 cm³/mol. The minimum Gasteiger partial charge on any atom is -0.215 e. The van der Waals surface area contributed by atoms with Gasteiger partial charge in [-0.1, -0.05) is 0 Å². The Labute approximate surface area is 127 Å². The largest absolute Gasteiger partial charge is 0.215 e. The van der Waals surface area contributed by atoms with Crippen molar-refractivity contribution in [3.63, 3.8) is 0 Å². The number of sulfonamides is 1. The van der Waals surface area contributed by atoms with Crippen LogP contribution in [0.3, 0.4) is 0 Å². The Morgan fingerprint density at radius 3 is 2.05 bits per heavy atom. The highest BCUT2D eigenvalue weighted by atomic mass is 35.5.